The van der Waals surface area contributed by atoms with Gasteiger partial charge < -0.3 is 11.1 Å². The molecule has 0 aromatic heterocycles. The largest absolute Gasteiger partial charge is 0.397 e. The molecule has 1 fully saturated rings. The molecule has 0 unspecified atom stereocenters. The molecule has 0 bridgehead atoms. The second kappa shape index (κ2) is 3.82. The van der Waals surface area contributed by atoms with Crippen LogP contribution >= 0.6 is 0 Å². The van der Waals surface area contributed by atoms with Crippen LogP contribution in [-0.4, -0.2) is 6.04 Å². The van der Waals surface area contributed by atoms with Crippen LogP contribution in [0.25, 0.3) is 0 Å². The zero-order valence-electron chi connectivity index (χ0n) is 8.83. The third kappa shape index (κ3) is 2.04. The molecule has 0 heterocycles. The van der Waals surface area contributed by atoms with E-state index in [2.05, 4.69) is 18.3 Å². The van der Waals surface area contributed by atoms with Crippen molar-refractivity contribution in [3.05, 3.63) is 23.8 Å². The van der Waals surface area contributed by atoms with E-state index in [1.807, 2.05) is 6.07 Å². The van der Waals surface area contributed by atoms with E-state index in [-0.39, 0.29) is 0 Å². The van der Waals surface area contributed by atoms with Gasteiger partial charge in [0.15, 0.2) is 0 Å². The van der Waals surface area contributed by atoms with E-state index in [0.29, 0.717) is 17.3 Å². The first-order chi connectivity index (χ1) is 7.19. The predicted molar refractivity (Wildman–Crippen MR) is 61.4 cm³/mol. The fraction of sp³-hybridized carbons (Fsp3) is 0.417. The van der Waals surface area contributed by atoms with Gasteiger partial charge >= 0.3 is 0 Å². The summed E-state index contributed by atoms with van der Waals surface area (Å²) in [7, 11) is 0. The molecule has 0 aliphatic heterocycles. The third-order valence-corrected chi connectivity index (χ3v) is 2.91. The van der Waals surface area contributed by atoms with E-state index in [4.69, 9.17) is 11.0 Å². The summed E-state index contributed by atoms with van der Waals surface area (Å²) in [5.74, 6) is 0.821. The minimum Gasteiger partial charge on any atom is -0.397 e. The molecule has 1 aromatic rings. The molecule has 1 aliphatic rings. The van der Waals surface area contributed by atoms with Crippen molar-refractivity contribution in [2.24, 2.45) is 5.92 Å². The Morgan fingerprint density at radius 3 is 2.73 bits per heavy atom. The van der Waals surface area contributed by atoms with Crippen molar-refractivity contribution in [2.75, 3.05) is 11.1 Å². The van der Waals surface area contributed by atoms with Crippen molar-refractivity contribution >= 4 is 11.4 Å². The number of nitriles is 1. The average molecular weight is 201 g/mol. The van der Waals surface area contributed by atoms with E-state index < -0.39 is 0 Å². The van der Waals surface area contributed by atoms with Crippen LogP contribution < -0.4 is 11.1 Å². The summed E-state index contributed by atoms with van der Waals surface area (Å²) in [6.45, 7) is 2.25. The SMILES string of the molecule is CC1CC(Nc2ccc(C#N)cc2N)C1. The predicted octanol–water partition coefficient (Wildman–Crippen LogP) is 2.35. The molecule has 3 heteroatoms. The van der Waals surface area contributed by atoms with Crippen LogP contribution in [0.1, 0.15) is 25.3 Å². The Labute approximate surface area is 89.9 Å². The molecular formula is C12H15N3. The summed E-state index contributed by atoms with van der Waals surface area (Å²) in [5.41, 5.74) is 8.07. The number of nitrogens with one attached hydrogen (secondary N) is 1. The molecular weight excluding hydrogens is 186 g/mol. The maximum atomic E-state index is 8.70. The zero-order valence-corrected chi connectivity index (χ0v) is 8.83. The quantitative estimate of drug-likeness (QED) is 0.722. The molecule has 3 nitrogen and oxygen atoms in total. The van der Waals surface area contributed by atoms with Crippen molar-refractivity contribution in [1.82, 2.24) is 0 Å². The lowest BCUT2D eigenvalue weighted by molar-refractivity contribution is 0.309. The first kappa shape index (κ1) is 9.85. The second-order valence-corrected chi connectivity index (χ2v) is 4.33. The normalized spacial score (nSPS) is 24.0. The third-order valence-electron chi connectivity index (χ3n) is 2.91. The van der Waals surface area contributed by atoms with Gasteiger partial charge in [-0.1, -0.05) is 6.92 Å². The Bertz CT molecular complexity index is 400. The van der Waals surface area contributed by atoms with E-state index >= 15 is 0 Å². The first-order valence-corrected chi connectivity index (χ1v) is 5.25. The summed E-state index contributed by atoms with van der Waals surface area (Å²) in [6, 6.07) is 8.02. The van der Waals surface area contributed by atoms with Crippen LogP contribution in [0.4, 0.5) is 11.4 Å². The number of nitrogens with two attached hydrogens (primary N) is 1. The molecule has 0 radical (unpaired) electrons. The van der Waals surface area contributed by atoms with Gasteiger partial charge in [-0.15, -0.1) is 0 Å². The average Bonchev–Trinajstić information content (AvgIpc) is 2.18. The number of hydrogen-bond donors (Lipinski definition) is 2. The molecule has 1 aliphatic carbocycles. The van der Waals surface area contributed by atoms with Crippen molar-refractivity contribution in [3.63, 3.8) is 0 Å². The second-order valence-electron chi connectivity index (χ2n) is 4.33. The summed E-state index contributed by atoms with van der Waals surface area (Å²) in [6.07, 6.45) is 2.42. The Hall–Kier alpha value is -1.69. The van der Waals surface area contributed by atoms with E-state index in [1.165, 1.54) is 12.8 Å². The van der Waals surface area contributed by atoms with Crippen LogP contribution in [0.2, 0.25) is 0 Å². The van der Waals surface area contributed by atoms with Gasteiger partial charge in [-0.2, -0.15) is 5.26 Å². The maximum Gasteiger partial charge on any atom is 0.0992 e. The van der Waals surface area contributed by atoms with Crippen LogP contribution in [0.15, 0.2) is 18.2 Å². The topological polar surface area (TPSA) is 61.8 Å². The number of hydrogen-bond acceptors (Lipinski definition) is 3. The highest BCUT2D eigenvalue weighted by atomic mass is 14.9. The molecule has 1 aromatic carbocycles. The van der Waals surface area contributed by atoms with Gasteiger partial charge in [-0.25, -0.2) is 0 Å². The molecule has 15 heavy (non-hydrogen) atoms. The van der Waals surface area contributed by atoms with Crippen LogP contribution in [0, 0.1) is 17.2 Å². The molecule has 0 saturated heterocycles. The zero-order chi connectivity index (χ0) is 10.8. The smallest absolute Gasteiger partial charge is 0.0992 e. The Balaban J connectivity index is 2.06. The van der Waals surface area contributed by atoms with Gasteiger partial charge in [0.2, 0.25) is 0 Å². The summed E-state index contributed by atoms with van der Waals surface area (Å²) >= 11 is 0. The van der Waals surface area contributed by atoms with E-state index in [1.54, 1.807) is 12.1 Å². The summed E-state index contributed by atoms with van der Waals surface area (Å²) < 4.78 is 0. The van der Waals surface area contributed by atoms with Crippen molar-refractivity contribution in [2.45, 2.75) is 25.8 Å². The number of rotatable bonds is 2. The summed E-state index contributed by atoms with van der Waals surface area (Å²) in [4.78, 5) is 0. The number of benzene rings is 1. The monoisotopic (exact) mass is 201 g/mol. The molecule has 78 valence electrons. The fourth-order valence-electron chi connectivity index (χ4n) is 2.00. The van der Waals surface area contributed by atoms with E-state index in [9.17, 15) is 0 Å². The lowest BCUT2D eigenvalue weighted by atomic mass is 9.82. The lowest BCUT2D eigenvalue weighted by Gasteiger charge is -2.34. The summed E-state index contributed by atoms with van der Waals surface area (Å²) in [5, 5.41) is 12.1. The highest BCUT2D eigenvalue weighted by Crippen LogP contribution is 2.31. The Morgan fingerprint density at radius 2 is 2.20 bits per heavy atom. The lowest BCUT2D eigenvalue weighted by Crippen LogP contribution is -2.33. The molecule has 0 spiro atoms. The molecule has 1 saturated carbocycles. The van der Waals surface area contributed by atoms with Gasteiger partial charge in [0.05, 0.1) is 23.0 Å². The van der Waals surface area contributed by atoms with Crippen molar-refractivity contribution in [3.8, 4) is 6.07 Å². The highest BCUT2D eigenvalue weighted by molar-refractivity contribution is 5.68. The molecule has 3 N–H and O–H groups in total. The van der Waals surface area contributed by atoms with Gasteiger partial charge in [-0.3, -0.25) is 0 Å². The number of nitrogens with zero attached hydrogens (tertiary/aromatic N) is 1. The van der Waals surface area contributed by atoms with Crippen LogP contribution in [0.5, 0.6) is 0 Å². The highest BCUT2D eigenvalue weighted by Gasteiger charge is 2.25. The minimum atomic E-state index is 0.551. The Morgan fingerprint density at radius 1 is 1.47 bits per heavy atom. The standard InChI is InChI=1S/C12H15N3/c1-8-4-10(5-8)15-12-3-2-9(7-13)6-11(12)14/h2-3,6,8,10,15H,4-5,14H2,1H3. The molecule has 0 amide bonds. The molecule has 0 atom stereocenters. The fourth-order valence-corrected chi connectivity index (χ4v) is 2.00. The number of anilines is 2. The van der Waals surface area contributed by atoms with Gasteiger partial charge in [0.1, 0.15) is 0 Å². The van der Waals surface area contributed by atoms with Gasteiger partial charge in [-0.05, 0) is 37.0 Å². The van der Waals surface area contributed by atoms with E-state index in [0.717, 1.165) is 11.6 Å². The van der Waals surface area contributed by atoms with Crippen molar-refractivity contribution < 1.29 is 0 Å². The van der Waals surface area contributed by atoms with Crippen LogP contribution in [0.3, 0.4) is 0 Å². The maximum absolute atomic E-state index is 8.70. The Kier molecular flexibility index (Phi) is 2.51. The van der Waals surface area contributed by atoms with Crippen molar-refractivity contribution in [1.29, 1.82) is 5.26 Å². The minimum absolute atomic E-state index is 0.551. The van der Waals surface area contributed by atoms with Gasteiger partial charge in [0, 0.05) is 6.04 Å². The first-order valence-electron chi connectivity index (χ1n) is 5.25. The van der Waals surface area contributed by atoms with Crippen LogP contribution in [-0.2, 0) is 0 Å². The molecule has 2 rings (SSSR count). The van der Waals surface area contributed by atoms with Gasteiger partial charge in [0.25, 0.3) is 0 Å². The number of nitrogen functional groups attached to an aromatic ring is 1.